The van der Waals surface area contributed by atoms with Gasteiger partial charge in [0.2, 0.25) is 17.7 Å². The highest BCUT2D eigenvalue weighted by Gasteiger charge is 2.34. The Kier molecular flexibility index (Phi) is 2.90. The fourth-order valence-corrected chi connectivity index (χ4v) is 1.67. The summed E-state index contributed by atoms with van der Waals surface area (Å²) < 4.78 is 4.87. The molecule has 2 amide bonds. The molecule has 1 saturated heterocycles. The number of rotatable bonds is 3. The molecule has 0 radical (unpaired) electrons. The number of primary amides is 1. The van der Waals surface area contributed by atoms with Crippen LogP contribution in [0, 0.1) is 5.92 Å². The van der Waals surface area contributed by atoms with E-state index in [4.69, 9.17) is 10.5 Å². The molecule has 1 aromatic heterocycles. The van der Waals surface area contributed by atoms with Gasteiger partial charge in [-0.15, -0.1) is 0 Å². The van der Waals surface area contributed by atoms with Gasteiger partial charge in [0.25, 0.3) is 0 Å². The zero-order valence-corrected chi connectivity index (χ0v) is 9.29. The Morgan fingerprint density at radius 2 is 2.29 bits per heavy atom. The molecular weight excluding hydrogens is 224 g/mol. The predicted molar refractivity (Wildman–Crippen MR) is 58.2 cm³/mol. The predicted octanol–water partition coefficient (Wildman–Crippen LogP) is -0.677. The smallest absolute Gasteiger partial charge is 0.232 e. The summed E-state index contributed by atoms with van der Waals surface area (Å²) in [5, 5.41) is 0. The number of carbonyl (C=O) groups is 2. The number of nitrogens with zero attached hydrogens (tertiary/aromatic N) is 3. The summed E-state index contributed by atoms with van der Waals surface area (Å²) in [5.74, 6) is -0.326. The van der Waals surface area contributed by atoms with Crippen LogP contribution >= 0.6 is 0 Å². The van der Waals surface area contributed by atoms with Crippen LogP contribution in [0.1, 0.15) is 6.42 Å². The standard InChI is InChI=1S/C10H12N4O3/c1-17-8-4-12-7(3-13-8)14-5-6(10(11)16)2-9(14)15/h3-4,6H,2,5H2,1H3,(H2,11,16). The van der Waals surface area contributed by atoms with Gasteiger partial charge in [-0.2, -0.15) is 0 Å². The minimum atomic E-state index is -0.470. The topological polar surface area (TPSA) is 98.4 Å². The van der Waals surface area contributed by atoms with Crippen LogP contribution in [-0.2, 0) is 9.59 Å². The Balaban J connectivity index is 2.17. The van der Waals surface area contributed by atoms with Crippen LogP contribution in [0.3, 0.4) is 0 Å². The van der Waals surface area contributed by atoms with Crippen molar-refractivity contribution in [2.24, 2.45) is 11.7 Å². The van der Waals surface area contributed by atoms with Crippen LogP contribution in [0.2, 0.25) is 0 Å². The second-order valence-corrected chi connectivity index (χ2v) is 3.72. The van der Waals surface area contributed by atoms with Crippen LogP contribution < -0.4 is 15.4 Å². The maximum absolute atomic E-state index is 11.7. The molecule has 1 unspecified atom stereocenters. The van der Waals surface area contributed by atoms with E-state index >= 15 is 0 Å². The molecule has 7 nitrogen and oxygen atoms in total. The molecule has 0 spiro atoms. The lowest BCUT2D eigenvalue weighted by atomic mass is 10.1. The molecule has 1 aromatic rings. The number of anilines is 1. The van der Waals surface area contributed by atoms with E-state index in [2.05, 4.69) is 9.97 Å². The minimum absolute atomic E-state index is 0.128. The number of hydrogen-bond donors (Lipinski definition) is 1. The molecule has 0 bridgehead atoms. The highest BCUT2D eigenvalue weighted by Crippen LogP contribution is 2.23. The minimum Gasteiger partial charge on any atom is -0.480 e. The molecule has 1 atom stereocenters. The zero-order valence-electron chi connectivity index (χ0n) is 9.29. The Morgan fingerprint density at radius 1 is 1.53 bits per heavy atom. The molecule has 1 fully saturated rings. The highest BCUT2D eigenvalue weighted by molar-refractivity contribution is 5.99. The van der Waals surface area contributed by atoms with Gasteiger partial charge < -0.3 is 10.5 Å². The van der Waals surface area contributed by atoms with Gasteiger partial charge >= 0.3 is 0 Å². The van der Waals surface area contributed by atoms with Crippen LogP contribution in [0.4, 0.5) is 5.82 Å². The number of methoxy groups -OCH3 is 1. The maximum Gasteiger partial charge on any atom is 0.232 e. The van der Waals surface area contributed by atoms with Crippen LogP contribution in [0.25, 0.3) is 0 Å². The molecule has 0 saturated carbocycles. The first-order chi connectivity index (χ1) is 8.11. The number of aromatic nitrogens is 2. The molecule has 17 heavy (non-hydrogen) atoms. The largest absolute Gasteiger partial charge is 0.480 e. The quantitative estimate of drug-likeness (QED) is 0.750. The van der Waals surface area contributed by atoms with E-state index in [1.54, 1.807) is 0 Å². The van der Waals surface area contributed by atoms with Crippen molar-refractivity contribution in [3.63, 3.8) is 0 Å². The van der Waals surface area contributed by atoms with Crippen molar-refractivity contribution in [1.82, 2.24) is 9.97 Å². The van der Waals surface area contributed by atoms with Crippen molar-refractivity contribution >= 4 is 17.6 Å². The van der Waals surface area contributed by atoms with Gasteiger partial charge in [-0.3, -0.25) is 14.5 Å². The molecule has 0 aromatic carbocycles. The number of nitrogens with two attached hydrogens (primary N) is 1. The van der Waals surface area contributed by atoms with E-state index < -0.39 is 11.8 Å². The van der Waals surface area contributed by atoms with Crippen molar-refractivity contribution in [3.05, 3.63) is 12.4 Å². The number of ether oxygens (including phenoxy) is 1. The van der Waals surface area contributed by atoms with E-state index in [0.29, 0.717) is 11.7 Å². The Morgan fingerprint density at radius 3 is 2.76 bits per heavy atom. The third kappa shape index (κ3) is 2.17. The maximum atomic E-state index is 11.7. The second-order valence-electron chi connectivity index (χ2n) is 3.72. The molecule has 2 N–H and O–H groups in total. The second kappa shape index (κ2) is 4.36. The van der Waals surface area contributed by atoms with Gasteiger partial charge in [0, 0.05) is 13.0 Å². The van der Waals surface area contributed by atoms with Crippen molar-refractivity contribution in [3.8, 4) is 5.88 Å². The van der Waals surface area contributed by atoms with Gasteiger partial charge in [0.05, 0.1) is 25.4 Å². The van der Waals surface area contributed by atoms with Crippen molar-refractivity contribution in [1.29, 1.82) is 0 Å². The monoisotopic (exact) mass is 236 g/mol. The van der Waals surface area contributed by atoms with Crippen molar-refractivity contribution < 1.29 is 14.3 Å². The van der Waals surface area contributed by atoms with Gasteiger partial charge in [-0.25, -0.2) is 9.97 Å². The third-order valence-electron chi connectivity index (χ3n) is 2.63. The van der Waals surface area contributed by atoms with Crippen molar-refractivity contribution in [2.75, 3.05) is 18.6 Å². The molecule has 2 rings (SSSR count). The van der Waals surface area contributed by atoms with Gasteiger partial charge in [-0.05, 0) is 0 Å². The van der Waals surface area contributed by atoms with Gasteiger partial charge in [0.15, 0.2) is 5.82 Å². The Hall–Kier alpha value is -2.18. The average Bonchev–Trinajstić information content (AvgIpc) is 2.72. The van der Waals surface area contributed by atoms with E-state index in [1.807, 2.05) is 0 Å². The number of amides is 2. The summed E-state index contributed by atoms with van der Waals surface area (Å²) >= 11 is 0. The SMILES string of the molecule is COc1cnc(N2CC(C(N)=O)CC2=O)cn1. The normalized spacial score (nSPS) is 19.5. The fourth-order valence-electron chi connectivity index (χ4n) is 1.67. The summed E-state index contributed by atoms with van der Waals surface area (Å²) in [4.78, 5) is 32.1. The van der Waals surface area contributed by atoms with Gasteiger partial charge in [-0.1, -0.05) is 0 Å². The van der Waals surface area contributed by atoms with Gasteiger partial charge in [0.1, 0.15) is 0 Å². The summed E-state index contributed by atoms with van der Waals surface area (Å²) in [5.41, 5.74) is 5.17. The van der Waals surface area contributed by atoms with Crippen LogP contribution in [0.5, 0.6) is 5.88 Å². The summed E-state index contributed by atoms with van der Waals surface area (Å²) in [6, 6.07) is 0. The lowest BCUT2D eigenvalue weighted by Gasteiger charge is -2.14. The van der Waals surface area contributed by atoms with E-state index in [1.165, 1.54) is 24.4 Å². The lowest BCUT2D eigenvalue weighted by molar-refractivity contribution is -0.123. The average molecular weight is 236 g/mol. The van der Waals surface area contributed by atoms with E-state index in [-0.39, 0.29) is 18.9 Å². The first kappa shape index (κ1) is 11.3. The third-order valence-corrected chi connectivity index (χ3v) is 2.63. The van der Waals surface area contributed by atoms with E-state index in [0.717, 1.165) is 0 Å². The highest BCUT2D eigenvalue weighted by atomic mass is 16.5. The molecule has 1 aliphatic heterocycles. The first-order valence-corrected chi connectivity index (χ1v) is 5.07. The van der Waals surface area contributed by atoms with Crippen LogP contribution in [0.15, 0.2) is 12.4 Å². The summed E-state index contributed by atoms with van der Waals surface area (Å²) in [7, 11) is 1.48. The number of hydrogen-bond acceptors (Lipinski definition) is 5. The molecule has 7 heteroatoms. The first-order valence-electron chi connectivity index (χ1n) is 5.07. The number of carbonyl (C=O) groups excluding carboxylic acids is 2. The Bertz CT molecular complexity index is 445. The molecule has 2 heterocycles. The van der Waals surface area contributed by atoms with Crippen molar-refractivity contribution in [2.45, 2.75) is 6.42 Å². The lowest BCUT2D eigenvalue weighted by Crippen LogP contribution is -2.29. The molecule has 0 aliphatic carbocycles. The zero-order chi connectivity index (χ0) is 12.4. The molecule has 90 valence electrons. The fraction of sp³-hybridized carbons (Fsp3) is 0.400. The Labute approximate surface area is 97.6 Å². The summed E-state index contributed by atoms with van der Waals surface area (Å²) in [6.07, 6.45) is 2.98. The van der Waals surface area contributed by atoms with Crippen LogP contribution in [-0.4, -0.2) is 35.4 Å². The summed E-state index contributed by atoms with van der Waals surface area (Å²) in [6.45, 7) is 0.259. The molecule has 1 aliphatic rings. The van der Waals surface area contributed by atoms with E-state index in [9.17, 15) is 9.59 Å². The molecular formula is C10H12N4O3.